The van der Waals surface area contributed by atoms with Crippen LogP contribution in [-0.2, 0) is 11.2 Å². The number of carbonyl (C=O) groups is 1. The zero-order valence-corrected chi connectivity index (χ0v) is 10.9. The van der Waals surface area contributed by atoms with Crippen molar-refractivity contribution in [2.24, 2.45) is 0 Å². The van der Waals surface area contributed by atoms with Crippen LogP contribution in [0.25, 0.3) is 0 Å². The number of carboxylic acids is 1. The van der Waals surface area contributed by atoms with Gasteiger partial charge in [-0.15, -0.1) is 0 Å². The fraction of sp³-hybridized carbons (Fsp3) is 0.250. The Hall–Kier alpha value is -2.16. The molecule has 1 heterocycles. The molecule has 0 amide bonds. The third kappa shape index (κ3) is 3.91. The number of hydrogen-bond donors (Lipinski definition) is 1. The first-order chi connectivity index (χ1) is 9.15. The molecule has 1 N–H and O–H groups in total. The molecule has 1 aromatic heterocycles. The van der Waals surface area contributed by atoms with E-state index in [4.69, 9.17) is 5.11 Å². The summed E-state index contributed by atoms with van der Waals surface area (Å²) in [4.78, 5) is 15.3. The maximum absolute atomic E-state index is 11.0. The van der Waals surface area contributed by atoms with Crippen LogP contribution in [0.2, 0.25) is 0 Å². The lowest BCUT2D eigenvalue weighted by atomic mass is 9.90. The molecule has 0 radical (unpaired) electrons. The summed E-state index contributed by atoms with van der Waals surface area (Å²) in [7, 11) is 0. The monoisotopic (exact) mass is 255 g/mol. The number of benzene rings is 1. The quantitative estimate of drug-likeness (QED) is 0.892. The molecular weight excluding hydrogens is 238 g/mol. The molecule has 0 spiro atoms. The molecule has 0 bridgehead atoms. The smallest absolute Gasteiger partial charge is 0.303 e. The third-order valence-corrected chi connectivity index (χ3v) is 3.15. The highest BCUT2D eigenvalue weighted by Crippen LogP contribution is 2.24. The van der Waals surface area contributed by atoms with Crippen LogP contribution in [-0.4, -0.2) is 16.1 Å². The maximum Gasteiger partial charge on any atom is 0.303 e. The Bertz CT molecular complexity index is 534. The molecule has 0 saturated carbocycles. The molecule has 0 aliphatic rings. The van der Waals surface area contributed by atoms with Gasteiger partial charge in [-0.3, -0.25) is 9.78 Å². The lowest BCUT2D eigenvalue weighted by Gasteiger charge is -2.15. The number of carboxylic acid groups (broad SMARTS) is 1. The number of aryl methyl sites for hydroxylation is 1. The van der Waals surface area contributed by atoms with E-state index in [-0.39, 0.29) is 12.3 Å². The Kier molecular flexibility index (Phi) is 4.29. The Balaban J connectivity index is 2.20. The number of aliphatic carboxylic acids is 1. The summed E-state index contributed by atoms with van der Waals surface area (Å²) in [6.45, 7) is 2.02. The predicted molar refractivity (Wildman–Crippen MR) is 74.1 cm³/mol. The fourth-order valence-electron chi connectivity index (χ4n) is 2.13. The Morgan fingerprint density at radius 1 is 1.21 bits per heavy atom. The van der Waals surface area contributed by atoms with E-state index in [1.54, 1.807) is 6.20 Å². The average Bonchev–Trinajstić information content (AvgIpc) is 2.39. The minimum absolute atomic E-state index is 0.0343. The Labute approximate surface area is 112 Å². The first-order valence-corrected chi connectivity index (χ1v) is 6.33. The molecule has 19 heavy (non-hydrogen) atoms. The van der Waals surface area contributed by atoms with Gasteiger partial charge in [0.2, 0.25) is 0 Å². The Morgan fingerprint density at radius 3 is 2.53 bits per heavy atom. The molecule has 1 unspecified atom stereocenters. The second kappa shape index (κ2) is 6.14. The summed E-state index contributed by atoms with van der Waals surface area (Å²) >= 11 is 0. The van der Waals surface area contributed by atoms with E-state index in [2.05, 4.69) is 4.98 Å². The molecule has 0 aliphatic carbocycles. The minimum Gasteiger partial charge on any atom is -0.481 e. The fourth-order valence-corrected chi connectivity index (χ4v) is 2.13. The van der Waals surface area contributed by atoms with Crippen molar-refractivity contribution in [3.05, 3.63) is 65.5 Å². The third-order valence-electron chi connectivity index (χ3n) is 3.15. The lowest BCUT2D eigenvalue weighted by molar-refractivity contribution is -0.137. The first-order valence-electron chi connectivity index (χ1n) is 6.33. The summed E-state index contributed by atoms with van der Waals surface area (Å²) in [6.07, 6.45) is 2.51. The van der Waals surface area contributed by atoms with Crippen LogP contribution in [0, 0.1) is 6.92 Å². The van der Waals surface area contributed by atoms with Gasteiger partial charge in [0.1, 0.15) is 0 Å². The molecule has 0 saturated heterocycles. The van der Waals surface area contributed by atoms with E-state index in [0.29, 0.717) is 6.42 Å². The summed E-state index contributed by atoms with van der Waals surface area (Å²) < 4.78 is 0. The van der Waals surface area contributed by atoms with Crippen molar-refractivity contribution in [1.82, 2.24) is 4.98 Å². The van der Waals surface area contributed by atoms with Crippen molar-refractivity contribution in [3.63, 3.8) is 0 Å². The summed E-state index contributed by atoms with van der Waals surface area (Å²) in [5.74, 6) is -0.811. The van der Waals surface area contributed by atoms with Gasteiger partial charge in [-0.1, -0.05) is 35.9 Å². The van der Waals surface area contributed by atoms with Crippen molar-refractivity contribution in [3.8, 4) is 0 Å². The van der Waals surface area contributed by atoms with Crippen molar-refractivity contribution < 1.29 is 9.90 Å². The largest absolute Gasteiger partial charge is 0.481 e. The standard InChI is InChI=1S/C16H17NO2/c1-12-5-7-13(8-6-12)14(11-16(18)19)10-15-4-2-3-9-17-15/h2-9,14H,10-11H2,1H3,(H,18,19). The van der Waals surface area contributed by atoms with Gasteiger partial charge >= 0.3 is 5.97 Å². The molecule has 3 nitrogen and oxygen atoms in total. The topological polar surface area (TPSA) is 50.2 Å². The van der Waals surface area contributed by atoms with Crippen molar-refractivity contribution in [2.75, 3.05) is 0 Å². The van der Waals surface area contributed by atoms with Crippen LogP contribution in [0.5, 0.6) is 0 Å². The molecule has 0 aliphatic heterocycles. The zero-order chi connectivity index (χ0) is 13.7. The van der Waals surface area contributed by atoms with Crippen LogP contribution in [0.3, 0.4) is 0 Å². The van der Waals surface area contributed by atoms with Crippen LogP contribution in [0.1, 0.15) is 29.2 Å². The van der Waals surface area contributed by atoms with Crippen molar-refractivity contribution in [2.45, 2.75) is 25.7 Å². The normalized spacial score (nSPS) is 12.1. The second-order valence-corrected chi connectivity index (χ2v) is 4.73. The van der Waals surface area contributed by atoms with Crippen molar-refractivity contribution in [1.29, 1.82) is 0 Å². The summed E-state index contributed by atoms with van der Waals surface area (Å²) in [5.41, 5.74) is 3.16. The number of hydrogen-bond acceptors (Lipinski definition) is 2. The molecule has 2 rings (SSSR count). The molecule has 0 fully saturated rings. The van der Waals surface area contributed by atoms with Crippen molar-refractivity contribution >= 4 is 5.97 Å². The van der Waals surface area contributed by atoms with Gasteiger partial charge in [0.15, 0.2) is 0 Å². The molecule has 2 aromatic rings. The van der Waals surface area contributed by atoms with E-state index >= 15 is 0 Å². The van der Waals surface area contributed by atoms with E-state index in [9.17, 15) is 4.79 Å². The van der Waals surface area contributed by atoms with E-state index in [1.165, 1.54) is 5.56 Å². The van der Waals surface area contributed by atoms with Crippen LogP contribution in [0.4, 0.5) is 0 Å². The van der Waals surface area contributed by atoms with Gasteiger partial charge in [-0.25, -0.2) is 0 Å². The summed E-state index contributed by atoms with van der Waals surface area (Å²) in [5, 5.41) is 9.06. The van der Waals surface area contributed by atoms with E-state index < -0.39 is 5.97 Å². The SMILES string of the molecule is Cc1ccc(C(CC(=O)O)Cc2ccccn2)cc1. The number of aromatic nitrogens is 1. The van der Waals surface area contributed by atoms with Gasteiger partial charge in [0, 0.05) is 11.9 Å². The Morgan fingerprint density at radius 2 is 1.95 bits per heavy atom. The second-order valence-electron chi connectivity index (χ2n) is 4.73. The average molecular weight is 255 g/mol. The van der Waals surface area contributed by atoms with Gasteiger partial charge < -0.3 is 5.11 Å². The number of rotatable bonds is 5. The molecule has 98 valence electrons. The zero-order valence-electron chi connectivity index (χ0n) is 10.9. The van der Waals surface area contributed by atoms with E-state index in [1.807, 2.05) is 49.4 Å². The van der Waals surface area contributed by atoms with Crippen LogP contribution in [0.15, 0.2) is 48.7 Å². The molecule has 1 atom stereocenters. The highest BCUT2D eigenvalue weighted by atomic mass is 16.4. The predicted octanol–water partition coefficient (Wildman–Crippen LogP) is 3.19. The highest BCUT2D eigenvalue weighted by molar-refractivity contribution is 5.68. The lowest BCUT2D eigenvalue weighted by Crippen LogP contribution is -2.10. The summed E-state index contributed by atoms with van der Waals surface area (Å²) in [6, 6.07) is 13.8. The van der Waals surface area contributed by atoms with Crippen LogP contribution >= 0.6 is 0 Å². The van der Waals surface area contributed by atoms with Crippen LogP contribution < -0.4 is 0 Å². The minimum atomic E-state index is -0.776. The number of pyridine rings is 1. The van der Waals surface area contributed by atoms with Gasteiger partial charge in [-0.05, 0) is 37.0 Å². The van der Waals surface area contributed by atoms with E-state index in [0.717, 1.165) is 11.3 Å². The van der Waals surface area contributed by atoms with Gasteiger partial charge in [0.05, 0.1) is 6.42 Å². The first kappa shape index (κ1) is 13.3. The number of nitrogens with zero attached hydrogens (tertiary/aromatic N) is 1. The molecule has 1 aromatic carbocycles. The molecule has 3 heteroatoms. The maximum atomic E-state index is 11.0. The molecular formula is C16H17NO2. The highest BCUT2D eigenvalue weighted by Gasteiger charge is 2.16. The van der Waals surface area contributed by atoms with Gasteiger partial charge in [-0.2, -0.15) is 0 Å². The van der Waals surface area contributed by atoms with Gasteiger partial charge in [0.25, 0.3) is 0 Å².